The normalized spacial score (nSPS) is 12.1. The van der Waals surface area contributed by atoms with Crippen molar-refractivity contribution >= 4 is 35.0 Å². The van der Waals surface area contributed by atoms with Gasteiger partial charge in [0.1, 0.15) is 0 Å². The molecule has 3 aromatic rings. The molecule has 2 amide bonds. The lowest BCUT2D eigenvalue weighted by molar-refractivity contribution is 0.0706. The lowest BCUT2D eigenvalue weighted by atomic mass is 10.1. The Balaban J connectivity index is 1.74. The number of nitrogens with one attached hydrogen (secondary N) is 1. The van der Waals surface area contributed by atoms with Crippen molar-refractivity contribution in [3.63, 3.8) is 0 Å². The summed E-state index contributed by atoms with van der Waals surface area (Å²) in [6.45, 7) is 0.549. The third kappa shape index (κ3) is 3.33. The van der Waals surface area contributed by atoms with Crippen LogP contribution in [0.2, 0.25) is 0 Å². The minimum absolute atomic E-state index is 0.372. The van der Waals surface area contributed by atoms with Gasteiger partial charge < -0.3 is 10.6 Å². The number of amides is 2. The Kier molecular flexibility index (Phi) is 4.77. The maximum Gasteiger partial charge on any atom is 0.274 e. The first-order valence-corrected chi connectivity index (χ1v) is 9.40. The van der Waals surface area contributed by atoms with E-state index in [4.69, 9.17) is 10.9 Å². The van der Waals surface area contributed by atoms with Gasteiger partial charge in [-0.15, -0.1) is 0 Å². The van der Waals surface area contributed by atoms with Crippen LogP contribution in [0.15, 0.2) is 76.5 Å². The first-order valence-electron chi connectivity index (χ1n) is 8.58. The minimum atomic E-state index is -0.553. The number of carbonyl (C=O) groups is 2. The summed E-state index contributed by atoms with van der Waals surface area (Å²) in [6, 6.07) is 20.5. The summed E-state index contributed by atoms with van der Waals surface area (Å²) in [6.07, 6.45) is 0. The Bertz CT molecular complexity index is 1070. The average molecular weight is 391 g/mol. The standard InChI is InChI=1S/C21H17N3O3S/c22-20(25)15-9-10-19-17(11-15)24(16-3-1-2-4-18(16)28-19)12-13-5-7-14(8-6-13)21(26)23-27/h1-11,27H,12H2,(H2,22,25)(H,23,26). The van der Waals surface area contributed by atoms with E-state index < -0.39 is 11.8 Å². The van der Waals surface area contributed by atoms with Crippen molar-refractivity contribution < 1.29 is 14.8 Å². The van der Waals surface area contributed by atoms with E-state index in [1.54, 1.807) is 35.4 Å². The van der Waals surface area contributed by atoms with Gasteiger partial charge in [-0.3, -0.25) is 14.8 Å². The quantitative estimate of drug-likeness (QED) is 0.465. The molecule has 4 N–H and O–H groups in total. The number of nitrogens with two attached hydrogens (primary N) is 1. The van der Waals surface area contributed by atoms with Gasteiger partial charge in [0.25, 0.3) is 5.91 Å². The second-order valence-corrected chi connectivity index (χ2v) is 7.42. The Hall–Kier alpha value is -3.29. The lowest BCUT2D eigenvalue weighted by Gasteiger charge is -2.33. The predicted molar refractivity (Wildman–Crippen MR) is 107 cm³/mol. The summed E-state index contributed by atoms with van der Waals surface area (Å²) in [5.41, 5.74) is 10.9. The fourth-order valence-corrected chi connectivity index (χ4v) is 4.24. The molecule has 0 radical (unpaired) electrons. The summed E-state index contributed by atoms with van der Waals surface area (Å²) in [4.78, 5) is 27.5. The molecule has 0 aromatic heterocycles. The third-order valence-electron chi connectivity index (χ3n) is 4.57. The molecule has 0 fully saturated rings. The van der Waals surface area contributed by atoms with E-state index in [9.17, 15) is 9.59 Å². The van der Waals surface area contributed by atoms with Crippen molar-refractivity contribution in [1.82, 2.24) is 5.48 Å². The number of carbonyl (C=O) groups excluding carboxylic acids is 2. The monoisotopic (exact) mass is 391 g/mol. The number of nitrogens with zero attached hydrogens (tertiary/aromatic N) is 1. The van der Waals surface area contributed by atoms with Crippen LogP contribution >= 0.6 is 11.8 Å². The molecule has 3 aromatic carbocycles. The fraction of sp³-hybridized carbons (Fsp3) is 0.0476. The van der Waals surface area contributed by atoms with E-state index in [0.29, 0.717) is 17.7 Å². The molecule has 0 saturated carbocycles. The van der Waals surface area contributed by atoms with Crippen molar-refractivity contribution in [3.8, 4) is 0 Å². The van der Waals surface area contributed by atoms with E-state index in [-0.39, 0.29) is 0 Å². The van der Waals surface area contributed by atoms with Crippen LogP contribution in [0.25, 0.3) is 0 Å². The minimum Gasteiger partial charge on any atom is -0.366 e. The number of hydrogen-bond donors (Lipinski definition) is 3. The molecule has 0 aliphatic carbocycles. The largest absolute Gasteiger partial charge is 0.366 e. The van der Waals surface area contributed by atoms with Crippen LogP contribution in [0.4, 0.5) is 11.4 Å². The van der Waals surface area contributed by atoms with Gasteiger partial charge in [0.15, 0.2) is 0 Å². The zero-order chi connectivity index (χ0) is 19.7. The van der Waals surface area contributed by atoms with Crippen LogP contribution in [0.5, 0.6) is 0 Å². The number of benzene rings is 3. The third-order valence-corrected chi connectivity index (χ3v) is 5.70. The maximum absolute atomic E-state index is 11.7. The van der Waals surface area contributed by atoms with E-state index in [0.717, 1.165) is 26.7 Å². The van der Waals surface area contributed by atoms with Crippen molar-refractivity contribution in [2.45, 2.75) is 16.3 Å². The van der Waals surface area contributed by atoms with E-state index in [2.05, 4.69) is 11.0 Å². The van der Waals surface area contributed by atoms with Gasteiger partial charge in [0, 0.05) is 27.5 Å². The molecule has 0 saturated heterocycles. The highest BCUT2D eigenvalue weighted by atomic mass is 32.2. The molecule has 0 bridgehead atoms. The molecule has 7 heteroatoms. The number of hydroxylamine groups is 1. The molecule has 1 aliphatic heterocycles. The molecule has 4 rings (SSSR count). The summed E-state index contributed by atoms with van der Waals surface area (Å²) in [7, 11) is 0. The molecule has 1 aliphatic rings. The van der Waals surface area contributed by atoms with Crippen LogP contribution in [0.3, 0.4) is 0 Å². The predicted octanol–water partition coefficient (Wildman–Crippen LogP) is 3.71. The number of anilines is 2. The lowest BCUT2D eigenvalue weighted by Crippen LogP contribution is -2.22. The molecule has 0 unspecified atom stereocenters. The number of primary amides is 1. The van der Waals surface area contributed by atoms with Gasteiger partial charge >= 0.3 is 0 Å². The first-order chi connectivity index (χ1) is 13.6. The van der Waals surface area contributed by atoms with E-state index >= 15 is 0 Å². The van der Waals surface area contributed by atoms with Crippen molar-refractivity contribution in [1.29, 1.82) is 0 Å². The Labute approximate surface area is 165 Å². The van der Waals surface area contributed by atoms with E-state index in [1.165, 1.54) is 0 Å². The highest BCUT2D eigenvalue weighted by molar-refractivity contribution is 7.99. The molecule has 0 spiro atoms. The Morgan fingerprint density at radius 2 is 1.61 bits per heavy atom. The molecule has 1 heterocycles. The van der Waals surface area contributed by atoms with Crippen LogP contribution < -0.4 is 16.1 Å². The zero-order valence-corrected chi connectivity index (χ0v) is 15.6. The van der Waals surface area contributed by atoms with Gasteiger partial charge in [0.05, 0.1) is 11.4 Å². The van der Waals surface area contributed by atoms with Crippen molar-refractivity contribution in [2.24, 2.45) is 5.73 Å². The SMILES string of the molecule is NC(=O)c1ccc2c(c1)N(Cc1ccc(C(=O)NO)cc1)c1ccccc1S2. The fourth-order valence-electron chi connectivity index (χ4n) is 3.16. The number of rotatable bonds is 4. The summed E-state index contributed by atoms with van der Waals surface area (Å²) in [5.74, 6) is -1.02. The van der Waals surface area contributed by atoms with E-state index in [1.807, 2.05) is 42.5 Å². The van der Waals surface area contributed by atoms with Gasteiger partial charge in [0.2, 0.25) is 5.91 Å². The van der Waals surface area contributed by atoms with Crippen LogP contribution in [0, 0.1) is 0 Å². The molecular formula is C21H17N3O3S. The first kappa shape index (κ1) is 18.1. The van der Waals surface area contributed by atoms with Crippen LogP contribution in [-0.2, 0) is 6.54 Å². The number of para-hydroxylation sites is 1. The molecular weight excluding hydrogens is 374 g/mol. The molecule has 28 heavy (non-hydrogen) atoms. The van der Waals surface area contributed by atoms with Crippen LogP contribution in [-0.4, -0.2) is 17.0 Å². The second-order valence-electron chi connectivity index (χ2n) is 6.34. The van der Waals surface area contributed by atoms with Gasteiger partial charge in [-0.25, -0.2) is 5.48 Å². The molecule has 6 nitrogen and oxygen atoms in total. The highest BCUT2D eigenvalue weighted by Crippen LogP contribution is 2.48. The smallest absolute Gasteiger partial charge is 0.274 e. The average Bonchev–Trinajstić information content (AvgIpc) is 2.73. The molecule has 0 atom stereocenters. The molecule has 140 valence electrons. The summed E-state index contributed by atoms with van der Waals surface area (Å²) in [5, 5.41) is 8.76. The van der Waals surface area contributed by atoms with Gasteiger partial charge in [-0.05, 0) is 48.0 Å². The maximum atomic E-state index is 11.7. The summed E-state index contributed by atoms with van der Waals surface area (Å²) < 4.78 is 0. The van der Waals surface area contributed by atoms with Gasteiger partial charge in [-0.1, -0.05) is 36.0 Å². The topological polar surface area (TPSA) is 95.7 Å². The van der Waals surface area contributed by atoms with Crippen molar-refractivity contribution in [3.05, 3.63) is 83.4 Å². The Morgan fingerprint density at radius 3 is 2.32 bits per heavy atom. The number of hydrogen-bond acceptors (Lipinski definition) is 5. The van der Waals surface area contributed by atoms with Crippen molar-refractivity contribution in [2.75, 3.05) is 4.90 Å². The van der Waals surface area contributed by atoms with Crippen LogP contribution in [0.1, 0.15) is 26.3 Å². The number of fused-ring (bicyclic) bond motifs is 2. The highest BCUT2D eigenvalue weighted by Gasteiger charge is 2.24. The summed E-state index contributed by atoms with van der Waals surface area (Å²) >= 11 is 1.65. The Morgan fingerprint density at radius 1 is 0.929 bits per heavy atom. The zero-order valence-electron chi connectivity index (χ0n) is 14.8. The second kappa shape index (κ2) is 7.38. The van der Waals surface area contributed by atoms with Gasteiger partial charge in [-0.2, -0.15) is 0 Å².